The molecule has 0 fully saturated rings. The van der Waals surface area contributed by atoms with E-state index in [1.54, 1.807) is 12.5 Å². The van der Waals surface area contributed by atoms with Crippen LogP contribution in [0, 0.1) is 11.3 Å². The van der Waals surface area contributed by atoms with Crippen LogP contribution < -0.4 is 10.5 Å². The van der Waals surface area contributed by atoms with Crippen molar-refractivity contribution in [2.75, 3.05) is 18.9 Å². The SMILES string of the molecule is N#Cc1c(N)nc2c(c1-c1ccc(OCCn3ccnc3)cc1)COCC2. The van der Waals surface area contributed by atoms with Gasteiger partial charge in [-0.05, 0) is 17.7 Å². The number of nitrogens with two attached hydrogens (primary N) is 1. The van der Waals surface area contributed by atoms with Crippen molar-refractivity contribution in [1.82, 2.24) is 14.5 Å². The summed E-state index contributed by atoms with van der Waals surface area (Å²) in [5, 5.41) is 9.58. The topological polar surface area (TPSA) is 99.0 Å². The number of benzene rings is 1. The molecule has 0 spiro atoms. The number of fused-ring (bicyclic) bond motifs is 1. The van der Waals surface area contributed by atoms with E-state index in [2.05, 4.69) is 16.0 Å². The van der Waals surface area contributed by atoms with Gasteiger partial charge in [-0.15, -0.1) is 0 Å². The second-order valence-electron chi connectivity index (χ2n) is 6.26. The van der Waals surface area contributed by atoms with E-state index in [1.165, 1.54) is 0 Å². The Hall–Kier alpha value is -3.37. The predicted molar refractivity (Wildman–Crippen MR) is 99.9 cm³/mol. The standard InChI is InChI=1S/C20H19N5O2/c21-11-16-19(17-12-26-9-5-18(17)24-20(16)22)14-1-3-15(4-2-14)27-10-8-25-7-6-23-13-25/h1-4,6-7,13H,5,8-10,12H2,(H2,22,24). The van der Waals surface area contributed by atoms with Gasteiger partial charge in [-0.3, -0.25) is 0 Å². The quantitative estimate of drug-likeness (QED) is 0.750. The van der Waals surface area contributed by atoms with Crippen LogP contribution in [0.2, 0.25) is 0 Å². The highest BCUT2D eigenvalue weighted by Gasteiger charge is 2.22. The maximum Gasteiger partial charge on any atom is 0.142 e. The summed E-state index contributed by atoms with van der Waals surface area (Å²) in [4.78, 5) is 8.40. The molecule has 1 aliphatic heterocycles. The first kappa shape index (κ1) is 17.1. The molecule has 2 N–H and O–H groups in total. The third-order valence-electron chi connectivity index (χ3n) is 4.57. The summed E-state index contributed by atoms with van der Waals surface area (Å²) in [6.45, 7) is 2.33. The molecule has 0 saturated carbocycles. The number of ether oxygens (including phenoxy) is 2. The number of hydrogen-bond donors (Lipinski definition) is 1. The molecule has 7 heteroatoms. The molecule has 136 valence electrons. The zero-order valence-corrected chi connectivity index (χ0v) is 14.8. The number of hydrogen-bond acceptors (Lipinski definition) is 6. The maximum atomic E-state index is 9.58. The fourth-order valence-electron chi connectivity index (χ4n) is 3.23. The molecular weight excluding hydrogens is 342 g/mol. The molecule has 7 nitrogen and oxygen atoms in total. The fraction of sp³-hybridized carbons (Fsp3) is 0.250. The highest BCUT2D eigenvalue weighted by Crippen LogP contribution is 2.35. The molecule has 0 aliphatic carbocycles. The molecule has 0 radical (unpaired) electrons. The summed E-state index contributed by atoms with van der Waals surface area (Å²) in [7, 11) is 0. The van der Waals surface area contributed by atoms with Gasteiger partial charge in [0.05, 0.1) is 31.8 Å². The van der Waals surface area contributed by atoms with Crippen LogP contribution in [0.1, 0.15) is 16.8 Å². The smallest absolute Gasteiger partial charge is 0.142 e. The van der Waals surface area contributed by atoms with E-state index in [4.69, 9.17) is 15.2 Å². The summed E-state index contributed by atoms with van der Waals surface area (Å²) < 4.78 is 13.3. The van der Waals surface area contributed by atoms with E-state index in [9.17, 15) is 5.26 Å². The van der Waals surface area contributed by atoms with Gasteiger partial charge >= 0.3 is 0 Å². The van der Waals surface area contributed by atoms with Gasteiger partial charge in [0.25, 0.3) is 0 Å². The molecule has 1 aliphatic rings. The average Bonchev–Trinajstić information content (AvgIpc) is 3.21. The van der Waals surface area contributed by atoms with Crippen molar-refractivity contribution >= 4 is 5.82 Å². The number of pyridine rings is 1. The number of nitrogen functional groups attached to an aromatic ring is 1. The van der Waals surface area contributed by atoms with Gasteiger partial charge in [-0.1, -0.05) is 12.1 Å². The molecule has 27 heavy (non-hydrogen) atoms. The monoisotopic (exact) mass is 361 g/mol. The highest BCUT2D eigenvalue weighted by atomic mass is 16.5. The molecular formula is C20H19N5O2. The van der Waals surface area contributed by atoms with Gasteiger partial charge < -0.3 is 19.8 Å². The third kappa shape index (κ3) is 3.48. The Kier molecular flexibility index (Phi) is 4.73. The summed E-state index contributed by atoms with van der Waals surface area (Å²) in [5.41, 5.74) is 10.00. The molecule has 2 aromatic heterocycles. The minimum absolute atomic E-state index is 0.272. The normalized spacial score (nSPS) is 13.0. The van der Waals surface area contributed by atoms with Crippen LogP contribution in [0.25, 0.3) is 11.1 Å². The van der Waals surface area contributed by atoms with Crippen LogP contribution >= 0.6 is 0 Å². The lowest BCUT2D eigenvalue weighted by atomic mass is 9.93. The minimum atomic E-state index is 0.272. The first-order chi connectivity index (χ1) is 13.3. The van der Waals surface area contributed by atoms with Gasteiger partial charge in [-0.2, -0.15) is 5.26 Å². The average molecular weight is 361 g/mol. The second kappa shape index (κ2) is 7.48. The van der Waals surface area contributed by atoms with Crippen molar-refractivity contribution in [2.45, 2.75) is 19.6 Å². The first-order valence-electron chi connectivity index (χ1n) is 8.74. The Morgan fingerprint density at radius 1 is 1.30 bits per heavy atom. The minimum Gasteiger partial charge on any atom is -0.492 e. The van der Waals surface area contributed by atoms with E-state index in [-0.39, 0.29) is 5.82 Å². The molecule has 3 heterocycles. The van der Waals surface area contributed by atoms with E-state index in [0.29, 0.717) is 31.8 Å². The van der Waals surface area contributed by atoms with Gasteiger partial charge in [-0.25, -0.2) is 9.97 Å². The lowest BCUT2D eigenvalue weighted by Gasteiger charge is -2.21. The zero-order chi connectivity index (χ0) is 18.6. The predicted octanol–water partition coefficient (Wildman–Crippen LogP) is 2.55. The largest absolute Gasteiger partial charge is 0.492 e. The van der Waals surface area contributed by atoms with Gasteiger partial charge in [0.2, 0.25) is 0 Å². The Bertz CT molecular complexity index is 975. The molecule has 0 unspecified atom stereocenters. The summed E-state index contributed by atoms with van der Waals surface area (Å²) in [6.07, 6.45) is 6.10. The summed E-state index contributed by atoms with van der Waals surface area (Å²) >= 11 is 0. The van der Waals surface area contributed by atoms with Gasteiger partial charge in [0, 0.05) is 29.9 Å². The van der Waals surface area contributed by atoms with Crippen LogP contribution in [0.15, 0.2) is 43.0 Å². The molecule has 1 aromatic carbocycles. The van der Waals surface area contributed by atoms with E-state index >= 15 is 0 Å². The van der Waals surface area contributed by atoms with Crippen LogP contribution in [-0.4, -0.2) is 27.7 Å². The second-order valence-corrected chi connectivity index (χ2v) is 6.26. The lowest BCUT2D eigenvalue weighted by molar-refractivity contribution is 0.109. The van der Waals surface area contributed by atoms with Crippen molar-refractivity contribution in [2.24, 2.45) is 0 Å². The maximum absolute atomic E-state index is 9.58. The number of rotatable bonds is 5. The molecule has 0 atom stereocenters. The number of anilines is 1. The molecule has 0 amide bonds. The molecule has 4 rings (SSSR count). The number of nitriles is 1. The number of aromatic nitrogens is 3. The fourth-order valence-corrected chi connectivity index (χ4v) is 3.23. The number of nitrogens with zero attached hydrogens (tertiary/aromatic N) is 4. The summed E-state index contributed by atoms with van der Waals surface area (Å²) in [6, 6.07) is 9.88. The summed E-state index contributed by atoms with van der Waals surface area (Å²) in [5.74, 6) is 1.04. The molecule has 0 bridgehead atoms. The zero-order valence-electron chi connectivity index (χ0n) is 14.8. The van der Waals surface area contributed by atoms with Gasteiger partial charge in [0.1, 0.15) is 29.8 Å². The van der Waals surface area contributed by atoms with Crippen LogP contribution in [0.5, 0.6) is 5.75 Å². The van der Waals surface area contributed by atoms with Crippen molar-refractivity contribution in [3.63, 3.8) is 0 Å². The van der Waals surface area contributed by atoms with Crippen molar-refractivity contribution in [3.05, 3.63) is 59.8 Å². The molecule has 0 saturated heterocycles. The van der Waals surface area contributed by atoms with Gasteiger partial charge in [0.15, 0.2) is 0 Å². The lowest BCUT2D eigenvalue weighted by Crippen LogP contribution is -2.16. The highest BCUT2D eigenvalue weighted by molar-refractivity contribution is 5.79. The first-order valence-corrected chi connectivity index (χ1v) is 8.74. The Balaban J connectivity index is 1.58. The van der Waals surface area contributed by atoms with Crippen molar-refractivity contribution < 1.29 is 9.47 Å². The Labute approximate surface area is 157 Å². The van der Waals surface area contributed by atoms with Crippen LogP contribution in [-0.2, 0) is 24.3 Å². The van der Waals surface area contributed by atoms with Crippen molar-refractivity contribution in [3.8, 4) is 22.9 Å². The number of imidazole rings is 1. The molecule has 3 aromatic rings. The third-order valence-corrected chi connectivity index (χ3v) is 4.57. The van der Waals surface area contributed by atoms with E-state index < -0.39 is 0 Å². The Morgan fingerprint density at radius 3 is 2.89 bits per heavy atom. The van der Waals surface area contributed by atoms with E-state index in [0.717, 1.165) is 34.7 Å². The van der Waals surface area contributed by atoms with E-state index in [1.807, 2.05) is 35.0 Å². The Morgan fingerprint density at radius 2 is 2.15 bits per heavy atom. The van der Waals surface area contributed by atoms with Crippen LogP contribution in [0.4, 0.5) is 5.82 Å². The van der Waals surface area contributed by atoms with Crippen LogP contribution in [0.3, 0.4) is 0 Å². The van der Waals surface area contributed by atoms with Crippen molar-refractivity contribution in [1.29, 1.82) is 5.26 Å².